The Balaban J connectivity index is 1.94. The van der Waals surface area contributed by atoms with Crippen molar-refractivity contribution in [2.45, 2.75) is 13.8 Å². The maximum Gasteiger partial charge on any atom is 0.269 e. The molecule has 0 unspecified atom stereocenters. The van der Waals surface area contributed by atoms with Gasteiger partial charge in [-0.25, -0.2) is 0 Å². The molecule has 0 atom stereocenters. The van der Waals surface area contributed by atoms with Crippen molar-refractivity contribution >= 4 is 40.7 Å². The molecule has 0 saturated heterocycles. The Hall–Kier alpha value is -3.06. The van der Waals surface area contributed by atoms with Gasteiger partial charge >= 0.3 is 0 Å². The molecule has 0 saturated carbocycles. The van der Waals surface area contributed by atoms with E-state index >= 15 is 0 Å². The minimum Gasteiger partial charge on any atom is -0.332 e. The summed E-state index contributed by atoms with van der Waals surface area (Å²) in [6.07, 6.45) is 3.08. The Morgan fingerprint density at radius 2 is 1.84 bits per heavy atom. The first kappa shape index (κ1) is 18.3. The van der Waals surface area contributed by atoms with Crippen LogP contribution in [0.4, 0.5) is 11.4 Å². The first-order chi connectivity index (χ1) is 11.8. The van der Waals surface area contributed by atoms with E-state index in [4.69, 9.17) is 12.2 Å². The Morgan fingerprint density at radius 3 is 2.44 bits per heavy atom. The van der Waals surface area contributed by atoms with E-state index in [9.17, 15) is 14.9 Å². The van der Waals surface area contributed by atoms with Gasteiger partial charge in [-0.2, -0.15) is 0 Å². The van der Waals surface area contributed by atoms with Gasteiger partial charge in [0, 0.05) is 23.9 Å². The van der Waals surface area contributed by atoms with Gasteiger partial charge in [0.25, 0.3) is 5.69 Å². The monoisotopic (exact) mass is 355 g/mol. The number of non-ortho nitro benzene ring substituents is 1. The van der Waals surface area contributed by atoms with Crippen LogP contribution in [0.1, 0.15) is 16.7 Å². The highest BCUT2D eigenvalue weighted by Crippen LogP contribution is 2.21. The number of aryl methyl sites for hydroxylation is 2. The van der Waals surface area contributed by atoms with Gasteiger partial charge in [0.1, 0.15) is 0 Å². The van der Waals surface area contributed by atoms with Gasteiger partial charge < -0.3 is 5.32 Å². The van der Waals surface area contributed by atoms with Crippen LogP contribution in [-0.2, 0) is 4.79 Å². The quantitative estimate of drug-likeness (QED) is 0.378. The van der Waals surface area contributed by atoms with Gasteiger partial charge in [0.2, 0.25) is 5.91 Å². The van der Waals surface area contributed by atoms with Crippen molar-refractivity contribution < 1.29 is 9.72 Å². The second-order valence-corrected chi connectivity index (χ2v) is 5.85. The highest BCUT2D eigenvalue weighted by molar-refractivity contribution is 7.80. The van der Waals surface area contributed by atoms with E-state index in [2.05, 4.69) is 10.6 Å². The highest BCUT2D eigenvalue weighted by atomic mass is 32.1. The lowest BCUT2D eigenvalue weighted by Gasteiger charge is -2.10. The minimum atomic E-state index is -0.466. The Labute approximate surface area is 150 Å². The van der Waals surface area contributed by atoms with Crippen molar-refractivity contribution in [2.75, 3.05) is 5.32 Å². The smallest absolute Gasteiger partial charge is 0.269 e. The van der Waals surface area contributed by atoms with Crippen LogP contribution in [0.5, 0.6) is 0 Å². The molecule has 128 valence electrons. The van der Waals surface area contributed by atoms with E-state index < -0.39 is 4.92 Å². The zero-order valence-electron chi connectivity index (χ0n) is 13.8. The average Bonchev–Trinajstić information content (AvgIpc) is 2.56. The molecule has 2 N–H and O–H groups in total. The maximum absolute atomic E-state index is 11.9. The minimum absolute atomic E-state index is 0.000893. The number of nitro groups is 1. The first-order valence-corrected chi connectivity index (χ1v) is 7.88. The van der Waals surface area contributed by atoms with Crippen LogP contribution in [-0.4, -0.2) is 15.9 Å². The fraction of sp³-hybridized carbons (Fsp3) is 0.111. The number of carbonyl (C=O) groups is 1. The third kappa shape index (κ3) is 5.50. The van der Waals surface area contributed by atoms with Crippen LogP contribution < -0.4 is 10.6 Å². The van der Waals surface area contributed by atoms with Crippen molar-refractivity contribution in [3.05, 3.63) is 75.3 Å². The number of nitrogens with zero attached hydrogens (tertiary/aromatic N) is 1. The molecular weight excluding hydrogens is 338 g/mol. The van der Waals surface area contributed by atoms with Crippen molar-refractivity contribution in [2.24, 2.45) is 0 Å². The molecule has 0 fully saturated rings. The van der Waals surface area contributed by atoms with Crippen molar-refractivity contribution in [1.29, 1.82) is 0 Å². The van der Waals surface area contributed by atoms with Crippen molar-refractivity contribution in [3.63, 3.8) is 0 Å². The number of rotatable bonds is 4. The standard InChI is InChI=1S/C18H17N3O3S/c1-12-3-5-14(6-4-12)7-10-17(22)20-18(25)19-16-9-8-15(21(23)24)11-13(16)2/h3-11H,1-2H3,(H2,19,20,22,25)/b10-7+. The van der Waals surface area contributed by atoms with Crippen LogP contribution in [0.15, 0.2) is 48.5 Å². The van der Waals surface area contributed by atoms with E-state index in [1.54, 1.807) is 19.1 Å². The molecule has 2 aromatic carbocycles. The van der Waals surface area contributed by atoms with Crippen LogP contribution in [0, 0.1) is 24.0 Å². The topological polar surface area (TPSA) is 84.3 Å². The first-order valence-electron chi connectivity index (χ1n) is 7.47. The molecule has 0 aliphatic carbocycles. The normalized spacial score (nSPS) is 10.5. The number of benzene rings is 2. The zero-order valence-corrected chi connectivity index (χ0v) is 14.6. The van der Waals surface area contributed by atoms with Gasteiger partial charge in [-0.3, -0.25) is 20.2 Å². The molecular formula is C18H17N3O3S. The third-order valence-electron chi connectivity index (χ3n) is 3.41. The molecule has 0 radical (unpaired) electrons. The van der Waals surface area contributed by atoms with E-state index in [1.807, 2.05) is 31.2 Å². The highest BCUT2D eigenvalue weighted by Gasteiger charge is 2.09. The molecule has 2 aromatic rings. The fourth-order valence-electron chi connectivity index (χ4n) is 2.06. The van der Waals surface area contributed by atoms with Gasteiger partial charge in [0.05, 0.1) is 4.92 Å². The average molecular weight is 355 g/mol. The molecule has 1 amide bonds. The number of nitro benzene ring substituents is 1. The lowest BCUT2D eigenvalue weighted by atomic mass is 10.1. The van der Waals surface area contributed by atoms with Crippen LogP contribution in [0.25, 0.3) is 6.08 Å². The molecule has 25 heavy (non-hydrogen) atoms. The summed E-state index contributed by atoms with van der Waals surface area (Å²) in [5.74, 6) is -0.363. The van der Waals surface area contributed by atoms with Gasteiger partial charge in [-0.1, -0.05) is 29.8 Å². The number of carbonyl (C=O) groups excluding carboxylic acids is 1. The number of hydrogen-bond donors (Lipinski definition) is 2. The van der Waals surface area contributed by atoms with Crippen molar-refractivity contribution in [3.8, 4) is 0 Å². The van der Waals surface area contributed by atoms with Crippen LogP contribution in [0.2, 0.25) is 0 Å². The zero-order chi connectivity index (χ0) is 18.4. The molecule has 2 rings (SSSR count). The van der Waals surface area contributed by atoms with Crippen molar-refractivity contribution in [1.82, 2.24) is 5.32 Å². The van der Waals surface area contributed by atoms with E-state index in [0.717, 1.165) is 11.1 Å². The number of amides is 1. The predicted octanol–water partition coefficient (Wildman–Crippen LogP) is 3.74. The largest absolute Gasteiger partial charge is 0.332 e. The predicted molar refractivity (Wildman–Crippen MR) is 102 cm³/mol. The summed E-state index contributed by atoms with van der Waals surface area (Å²) < 4.78 is 0. The van der Waals surface area contributed by atoms with Crippen LogP contribution in [0.3, 0.4) is 0 Å². The summed E-state index contributed by atoms with van der Waals surface area (Å²) >= 11 is 5.09. The van der Waals surface area contributed by atoms with E-state index in [0.29, 0.717) is 11.3 Å². The van der Waals surface area contributed by atoms with Gasteiger partial charge in [0.15, 0.2) is 5.11 Å². The molecule has 6 nitrogen and oxygen atoms in total. The number of nitrogens with one attached hydrogen (secondary N) is 2. The van der Waals surface area contributed by atoms with Crippen LogP contribution >= 0.6 is 12.2 Å². The molecule has 0 spiro atoms. The summed E-state index contributed by atoms with van der Waals surface area (Å²) in [6, 6.07) is 12.1. The number of thiocarbonyl (C=S) groups is 1. The summed E-state index contributed by atoms with van der Waals surface area (Å²) in [4.78, 5) is 22.2. The Morgan fingerprint density at radius 1 is 1.16 bits per heavy atom. The summed E-state index contributed by atoms with van der Waals surface area (Å²) in [6.45, 7) is 3.71. The molecule has 0 aliphatic heterocycles. The van der Waals surface area contributed by atoms with Gasteiger partial charge in [-0.15, -0.1) is 0 Å². The molecule has 0 aliphatic rings. The maximum atomic E-state index is 11.9. The SMILES string of the molecule is Cc1ccc(/C=C/C(=O)NC(=S)Nc2ccc([N+](=O)[O-])cc2C)cc1. The number of hydrogen-bond acceptors (Lipinski definition) is 4. The second kappa shape index (κ2) is 8.16. The van der Waals surface area contributed by atoms with E-state index in [1.165, 1.54) is 18.2 Å². The summed E-state index contributed by atoms with van der Waals surface area (Å²) in [5.41, 5.74) is 3.30. The molecule has 7 heteroatoms. The summed E-state index contributed by atoms with van der Waals surface area (Å²) in [7, 11) is 0. The second-order valence-electron chi connectivity index (χ2n) is 5.44. The molecule has 0 heterocycles. The molecule has 0 bridgehead atoms. The number of anilines is 1. The van der Waals surface area contributed by atoms with E-state index in [-0.39, 0.29) is 16.7 Å². The summed E-state index contributed by atoms with van der Waals surface area (Å²) in [5, 5.41) is 16.2. The lowest BCUT2D eigenvalue weighted by molar-refractivity contribution is -0.384. The van der Waals surface area contributed by atoms with Gasteiger partial charge in [-0.05, 0) is 49.3 Å². The lowest BCUT2D eigenvalue weighted by Crippen LogP contribution is -2.33. The Kier molecular flexibility index (Phi) is 5.97. The third-order valence-corrected chi connectivity index (χ3v) is 3.61. The Bertz CT molecular complexity index is 845. The fourth-order valence-corrected chi connectivity index (χ4v) is 2.27. The molecule has 0 aromatic heterocycles.